The summed E-state index contributed by atoms with van der Waals surface area (Å²) in [4.78, 5) is 12.0. The third-order valence-corrected chi connectivity index (χ3v) is 8.11. The maximum atomic E-state index is 13.1. The number of carbonyl (C=O) groups is 1. The van der Waals surface area contributed by atoms with Gasteiger partial charge in [0.1, 0.15) is 0 Å². The van der Waals surface area contributed by atoms with E-state index in [1.165, 1.54) is 4.31 Å². The number of hydroxylamine groups is 2. The molecule has 0 aliphatic carbocycles. The highest BCUT2D eigenvalue weighted by Crippen LogP contribution is 2.35. The average molecular weight is 419 g/mol. The van der Waals surface area contributed by atoms with E-state index in [1.807, 2.05) is 24.3 Å². The van der Waals surface area contributed by atoms with Gasteiger partial charge in [-0.05, 0) is 36.8 Å². The minimum absolute atomic E-state index is 0.136. The molecule has 2 heterocycles. The summed E-state index contributed by atoms with van der Waals surface area (Å²) in [5.74, 6) is -2.03. The molecule has 0 aromatic heterocycles. The second-order valence-electron chi connectivity index (χ2n) is 6.88. The van der Waals surface area contributed by atoms with Gasteiger partial charge in [0.15, 0.2) is 0 Å². The molecule has 2 saturated heterocycles. The van der Waals surface area contributed by atoms with Gasteiger partial charge in [0.25, 0.3) is 5.91 Å². The molecule has 8 nitrogen and oxygen atoms in total. The van der Waals surface area contributed by atoms with E-state index in [2.05, 4.69) is 0 Å². The van der Waals surface area contributed by atoms with Crippen LogP contribution in [0.3, 0.4) is 0 Å². The fourth-order valence-electron chi connectivity index (χ4n) is 3.87. The summed E-state index contributed by atoms with van der Waals surface area (Å²) in [6.07, 6.45) is 1.41. The van der Waals surface area contributed by atoms with Gasteiger partial charge >= 0.3 is 0 Å². The monoisotopic (exact) mass is 418 g/mol. The zero-order valence-electron chi connectivity index (χ0n) is 14.7. The minimum atomic E-state index is -3.78. The number of rotatable bonds is 4. The van der Waals surface area contributed by atoms with Gasteiger partial charge in [-0.3, -0.25) is 15.2 Å². The molecule has 3 rings (SSSR count). The summed E-state index contributed by atoms with van der Waals surface area (Å²) in [7, 11) is -3.78. The van der Waals surface area contributed by atoms with E-state index >= 15 is 0 Å². The molecule has 1 aromatic rings. The molecule has 150 valence electrons. The van der Waals surface area contributed by atoms with Gasteiger partial charge in [0, 0.05) is 24.7 Å². The third-order valence-electron chi connectivity index (χ3n) is 5.35. The topological polar surface area (TPSA) is 107 Å². The second kappa shape index (κ2) is 8.42. The summed E-state index contributed by atoms with van der Waals surface area (Å²) in [5.41, 5.74) is 1.02. The van der Waals surface area contributed by atoms with Crippen LogP contribution in [0.2, 0.25) is 5.02 Å². The Bertz CT molecular complexity index is 779. The molecule has 0 radical (unpaired) electrons. The van der Waals surface area contributed by atoms with Crippen LogP contribution in [0.15, 0.2) is 24.3 Å². The Balaban J connectivity index is 1.72. The van der Waals surface area contributed by atoms with Crippen molar-refractivity contribution < 1.29 is 28.4 Å². The van der Waals surface area contributed by atoms with Crippen molar-refractivity contribution in [2.45, 2.75) is 30.4 Å². The van der Waals surface area contributed by atoms with E-state index in [9.17, 15) is 13.2 Å². The molecule has 2 unspecified atom stereocenters. The second-order valence-corrected chi connectivity index (χ2v) is 9.44. The normalized spacial score (nSPS) is 25.3. The number of sulfonamides is 1. The van der Waals surface area contributed by atoms with E-state index in [0.29, 0.717) is 31.0 Å². The number of hydrogen-bond donors (Lipinski definition) is 2. The van der Waals surface area contributed by atoms with Gasteiger partial charge in [0.05, 0.1) is 17.8 Å². The van der Waals surface area contributed by atoms with Crippen LogP contribution >= 0.6 is 11.6 Å². The highest BCUT2D eigenvalue weighted by molar-refractivity contribution is 7.89. The first-order valence-electron chi connectivity index (χ1n) is 8.85. The van der Waals surface area contributed by atoms with Gasteiger partial charge < -0.3 is 4.74 Å². The molecule has 0 bridgehead atoms. The first kappa shape index (κ1) is 20.5. The van der Waals surface area contributed by atoms with Gasteiger partial charge in [0.2, 0.25) is 10.0 Å². The van der Waals surface area contributed by atoms with Crippen molar-refractivity contribution >= 4 is 27.5 Å². The van der Waals surface area contributed by atoms with E-state index in [-0.39, 0.29) is 25.6 Å². The van der Waals surface area contributed by atoms with Crippen molar-refractivity contribution in [1.82, 2.24) is 9.53 Å². The van der Waals surface area contributed by atoms with Crippen LogP contribution in [-0.2, 0) is 19.6 Å². The lowest BCUT2D eigenvalue weighted by atomic mass is 9.90. The lowest BCUT2D eigenvalue weighted by molar-refractivity contribution is -0.289. The number of nitrogens with zero attached hydrogens (tertiary/aromatic N) is 2. The molecule has 2 fully saturated rings. The largest absolute Gasteiger partial charge is 0.381 e. The Hall–Kier alpha value is -1.23. The zero-order valence-corrected chi connectivity index (χ0v) is 16.3. The smallest absolute Gasteiger partial charge is 0.279 e. The SMILES string of the molecule is O=C(C1COCCC1S(=O)(=O)N1CCC(c2ccccc2Cl)CC1)N(O)O. The Labute approximate surface area is 163 Å². The average Bonchev–Trinajstić information content (AvgIpc) is 2.68. The Morgan fingerprint density at radius 1 is 1.19 bits per heavy atom. The van der Waals surface area contributed by atoms with Crippen molar-refractivity contribution in [3.8, 4) is 0 Å². The molecule has 2 atom stereocenters. The van der Waals surface area contributed by atoms with Gasteiger partial charge in [-0.25, -0.2) is 12.7 Å². The first-order chi connectivity index (χ1) is 12.8. The molecule has 10 heteroatoms. The molecule has 0 spiro atoms. The van der Waals surface area contributed by atoms with Crippen molar-refractivity contribution in [3.63, 3.8) is 0 Å². The lowest BCUT2D eigenvalue weighted by Crippen LogP contribution is -2.52. The fraction of sp³-hybridized carbons (Fsp3) is 0.588. The standard InChI is InChI=1S/C17H23ClN2O6S/c18-15-4-2-1-3-13(15)12-5-8-19(9-6-12)27(24,25)16-7-10-26-11-14(16)17(21)20(22)23/h1-4,12,14,16,22-23H,5-11H2. The van der Waals surface area contributed by atoms with E-state index in [0.717, 1.165) is 5.56 Å². The van der Waals surface area contributed by atoms with Crippen LogP contribution in [0, 0.1) is 5.92 Å². The number of benzene rings is 1. The number of hydrogen-bond acceptors (Lipinski definition) is 6. The maximum absolute atomic E-state index is 13.1. The minimum Gasteiger partial charge on any atom is -0.381 e. The number of amides is 1. The summed E-state index contributed by atoms with van der Waals surface area (Å²) in [6.45, 7) is 0.716. The Morgan fingerprint density at radius 2 is 1.85 bits per heavy atom. The van der Waals surface area contributed by atoms with Crippen molar-refractivity contribution in [2.24, 2.45) is 5.92 Å². The van der Waals surface area contributed by atoms with Gasteiger partial charge in [-0.1, -0.05) is 35.0 Å². The summed E-state index contributed by atoms with van der Waals surface area (Å²) in [5, 5.41) is 17.1. The van der Waals surface area contributed by atoms with Crippen LogP contribution in [-0.4, -0.2) is 65.8 Å². The highest BCUT2D eigenvalue weighted by atomic mass is 35.5. The van der Waals surface area contributed by atoms with Crippen molar-refractivity contribution in [3.05, 3.63) is 34.9 Å². The van der Waals surface area contributed by atoms with E-state index in [4.69, 9.17) is 26.8 Å². The molecule has 0 saturated carbocycles. The predicted molar refractivity (Wildman–Crippen MR) is 97.1 cm³/mol. The molecule has 2 aliphatic heterocycles. The number of carbonyl (C=O) groups excluding carboxylic acids is 1. The highest BCUT2D eigenvalue weighted by Gasteiger charge is 2.45. The molecular weight excluding hydrogens is 396 g/mol. The van der Waals surface area contributed by atoms with Crippen LogP contribution in [0.5, 0.6) is 0 Å². The Morgan fingerprint density at radius 3 is 2.48 bits per heavy atom. The fourth-order valence-corrected chi connectivity index (χ4v) is 6.27. The van der Waals surface area contributed by atoms with Gasteiger partial charge in [-0.15, -0.1) is 0 Å². The van der Waals surface area contributed by atoms with E-state index < -0.39 is 32.3 Å². The maximum Gasteiger partial charge on any atom is 0.279 e. The first-order valence-corrected chi connectivity index (χ1v) is 10.7. The zero-order chi connectivity index (χ0) is 19.6. The van der Waals surface area contributed by atoms with Crippen LogP contribution in [0.1, 0.15) is 30.7 Å². The molecule has 1 amide bonds. The number of ether oxygens (including phenoxy) is 1. The van der Waals surface area contributed by atoms with Crippen molar-refractivity contribution in [2.75, 3.05) is 26.3 Å². The summed E-state index contributed by atoms with van der Waals surface area (Å²) >= 11 is 6.25. The van der Waals surface area contributed by atoms with Crippen LogP contribution in [0.4, 0.5) is 0 Å². The van der Waals surface area contributed by atoms with E-state index in [1.54, 1.807) is 0 Å². The molecule has 1 aromatic carbocycles. The molecular formula is C17H23ClN2O6S. The third kappa shape index (κ3) is 4.28. The van der Waals surface area contributed by atoms with Gasteiger partial charge in [-0.2, -0.15) is 0 Å². The number of halogens is 1. The van der Waals surface area contributed by atoms with Crippen LogP contribution in [0.25, 0.3) is 0 Å². The summed E-state index contributed by atoms with van der Waals surface area (Å²) < 4.78 is 32.8. The lowest BCUT2D eigenvalue weighted by Gasteiger charge is -2.37. The van der Waals surface area contributed by atoms with Crippen LogP contribution < -0.4 is 0 Å². The van der Waals surface area contributed by atoms with Crippen molar-refractivity contribution in [1.29, 1.82) is 0 Å². The molecule has 2 N–H and O–H groups in total. The Kier molecular flexibility index (Phi) is 6.39. The predicted octanol–water partition coefficient (Wildman–Crippen LogP) is 1.86. The molecule has 27 heavy (non-hydrogen) atoms. The quantitative estimate of drug-likeness (QED) is 0.570. The molecule has 2 aliphatic rings. The number of piperidine rings is 1. The summed E-state index contributed by atoms with van der Waals surface area (Å²) in [6, 6.07) is 7.56.